The summed E-state index contributed by atoms with van der Waals surface area (Å²) in [5, 5.41) is 14.4. The fourth-order valence-electron chi connectivity index (χ4n) is 4.15. The van der Waals surface area contributed by atoms with Gasteiger partial charge in [-0.25, -0.2) is 0 Å². The van der Waals surface area contributed by atoms with Crippen molar-refractivity contribution in [3.05, 3.63) is 108 Å². The van der Waals surface area contributed by atoms with Crippen molar-refractivity contribution in [1.29, 1.82) is 0 Å². The van der Waals surface area contributed by atoms with E-state index in [1.807, 2.05) is 91.0 Å². The van der Waals surface area contributed by atoms with Gasteiger partial charge in [-0.1, -0.05) is 78.9 Å². The summed E-state index contributed by atoms with van der Waals surface area (Å²) < 4.78 is 11.2. The predicted molar refractivity (Wildman–Crippen MR) is 120 cm³/mol. The lowest BCUT2D eigenvalue weighted by Crippen LogP contribution is -2.40. The Labute approximate surface area is 176 Å². The number of nitrogens with two attached hydrogens (primary N) is 1. The highest BCUT2D eigenvalue weighted by Crippen LogP contribution is 2.47. The van der Waals surface area contributed by atoms with Gasteiger partial charge in [0.25, 0.3) is 0 Å². The van der Waals surface area contributed by atoms with Gasteiger partial charge in [-0.2, -0.15) is 0 Å². The van der Waals surface area contributed by atoms with Crippen LogP contribution in [-0.4, -0.2) is 19.3 Å². The maximum atomic E-state index is 12.4. The van der Waals surface area contributed by atoms with Crippen molar-refractivity contribution in [3.8, 4) is 11.5 Å². The second-order valence-corrected chi connectivity index (χ2v) is 7.21. The predicted octanol–water partition coefficient (Wildman–Crippen LogP) is 4.79. The number of hydrogen-bond donors (Lipinski definition) is 2. The molecule has 30 heavy (non-hydrogen) atoms. The molecule has 0 spiro atoms. The van der Waals surface area contributed by atoms with Gasteiger partial charge in [0, 0.05) is 11.1 Å². The van der Waals surface area contributed by atoms with Crippen LogP contribution in [0.4, 0.5) is 0 Å². The smallest absolute Gasteiger partial charge is 0.141 e. The van der Waals surface area contributed by atoms with E-state index in [2.05, 4.69) is 0 Å². The first-order valence-corrected chi connectivity index (χ1v) is 9.84. The fourth-order valence-corrected chi connectivity index (χ4v) is 4.15. The molecule has 4 aromatic carbocycles. The van der Waals surface area contributed by atoms with Crippen LogP contribution in [0.25, 0.3) is 10.8 Å². The van der Waals surface area contributed by atoms with E-state index >= 15 is 0 Å². The van der Waals surface area contributed by atoms with Crippen molar-refractivity contribution >= 4 is 10.8 Å². The highest BCUT2D eigenvalue weighted by Gasteiger charge is 2.43. The highest BCUT2D eigenvalue weighted by molar-refractivity contribution is 5.86. The van der Waals surface area contributed by atoms with E-state index in [0.29, 0.717) is 22.6 Å². The molecule has 4 heteroatoms. The Kier molecular flexibility index (Phi) is 5.44. The Balaban J connectivity index is 2.03. The molecule has 0 bridgehead atoms. The largest absolute Gasteiger partial charge is 0.496 e. The van der Waals surface area contributed by atoms with Gasteiger partial charge in [0.15, 0.2) is 0 Å². The molecule has 0 amide bonds. The van der Waals surface area contributed by atoms with Crippen molar-refractivity contribution in [3.63, 3.8) is 0 Å². The Morgan fingerprint density at radius 3 is 1.80 bits per heavy atom. The van der Waals surface area contributed by atoms with Crippen molar-refractivity contribution in [2.45, 2.75) is 11.6 Å². The van der Waals surface area contributed by atoms with E-state index in [4.69, 9.17) is 15.2 Å². The molecule has 4 rings (SSSR count). The fraction of sp³-hybridized carbons (Fsp3) is 0.154. The van der Waals surface area contributed by atoms with Gasteiger partial charge < -0.3 is 20.3 Å². The van der Waals surface area contributed by atoms with Gasteiger partial charge in [-0.05, 0) is 28.5 Å². The number of rotatable bonds is 6. The number of ether oxygens (including phenoxy) is 2. The quantitative estimate of drug-likeness (QED) is 0.489. The number of benzene rings is 4. The van der Waals surface area contributed by atoms with Crippen LogP contribution >= 0.6 is 0 Å². The molecule has 0 saturated heterocycles. The molecule has 0 aromatic heterocycles. The maximum Gasteiger partial charge on any atom is 0.141 e. The van der Waals surface area contributed by atoms with Gasteiger partial charge in [0.2, 0.25) is 0 Å². The van der Waals surface area contributed by atoms with E-state index in [0.717, 1.165) is 16.3 Å². The lowest BCUT2D eigenvalue weighted by Gasteiger charge is -2.37. The standard InChI is InChI=1S/C26H25NO3/c1-29-23-16-7-5-14-21(23)26(28,22-15-6-8-17-24(22)30-2)25(27)20-13-9-11-18-10-3-4-12-19(18)20/h3-17,25,28H,27H2,1-2H3. The Morgan fingerprint density at radius 1 is 0.700 bits per heavy atom. The lowest BCUT2D eigenvalue weighted by atomic mass is 9.76. The van der Waals surface area contributed by atoms with Gasteiger partial charge in [-0.15, -0.1) is 0 Å². The van der Waals surface area contributed by atoms with E-state index in [-0.39, 0.29) is 0 Å². The second kappa shape index (κ2) is 8.19. The van der Waals surface area contributed by atoms with Crippen molar-refractivity contribution in [1.82, 2.24) is 0 Å². The minimum absolute atomic E-state index is 0.557. The van der Waals surface area contributed by atoms with Gasteiger partial charge in [0.1, 0.15) is 17.1 Å². The number of methoxy groups -OCH3 is 2. The first-order valence-electron chi connectivity index (χ1n) is 9.84. The Morgan fingerprint density at radius 2 is 1.20 bits per heavy atom. The average molecular weight is 399 g/mol. The molecule has 1 unspecified atom stereocenters. The van der Waals surface area contributed by atoms with Crippen molar-refractivity contribution in [2.24, 2.45) is 5.73 Å². The first-order chi connectivity index (χ1) is 14.6. The van der Waals surface area contributed by atoms with Crippen LogP contribution in [0.15, 0.2) is 91.0 Å². The molecule has 4 nitrogen and oxygen atoms in total. The van der Waals surface area contributed by atoms with Gasteiger partial charge >= 0.3 is 0 Å². The first kappa shape index (κ1) is 20.0. The van der Waals surface area contributed by atoms with Gasteiger partial charge in [-0.3, -0.25) is 0 Å². The zero-order valence-corrected chi connectivity index (χ0v) is 17.1. The summed E-state index contributed by atoms with van der Waals surface area (Å²) in [6.45, 7) is 0. The number of aliphatic hydroxyl groups is 1. The highest BCUT2D eigenvalue weighted by atomic mass is 16.5. The third-order valence-electron chi connectivity index (χ3n) is 5.64. The normalized spacial score (nSPS) is 12.5. The van der Waals surface area contributed by atoms with Crippen molar-refractivity contribution < 1.29 is 14.6 Å². The van der Waals surface area contributed by atoms with E-state index in [1.54, 1.807) is 14.2 Å². The molecule has 4 aromatic rings. The lowest BCUT2D eigenvalue weighted by molar-refractivity contribution is 0.0467. The second-order valence-electron chi connectivity index (χ2n) is 7.21. The topological polar surface area (TPSA) is 64.7 Å². The molecule has 0 fully saturated rings. The summed E-state index contributed by atoms with van der Waals surface area (Å²) in [7, 11) is 3.18. The molecule has 1 atom stereocenters. The molecule has 3 N–H and O–H groups in total. The molecule has 152 valence electrons. The van der Waals surface area contributed by atoms with Crippen LogP contribution < -0.4 is 15.2 Å². The Hall–Kier alpha value is -3.34. The molecular formula is C26H25NO3. The molecule has 0 radical (unpaired) electrons. The van der Waals surface area contributed by atoms with Gasteiger partial charge in [0.05, 0.1) is 20.3 Å². The number of fused-ring (bicyclic) bond motifs is 1. The van der Waals surface area contributed by atoms with Crippen LogP contribution in [0.5, 0.6) is 11.5 Å². The summed E-state index contributed by atoms with van der Waals surface area (Å²) in [5.74, 6) is 1.11. The minimum atomic E-state index is -1.59. The van der Waals surface area contributed by atoms with E-state index in [1.165, 1.54) is 0 Å². The summed E-state index contributed by atoms with van der Waals surface area (Å²) in [5.41, 5.74) is 7.30. The summed E-state index contributed by atoms with van der Waals surface area (Å²) >= 11 is 0. The molecule has 0 aliphatic carbocycles. The summed E-state index contributed by atoms with van der Waals surface area (Å²) in [4.78, 5) is 0. The molecule has 0 heterocycles. The molecule has 0 aliphatic rings. The third kappa shape index (κ3) is 3.20. The zero-order chi connectivity index (χ0) is 21.1. The number of hydrogen-bond acceptors (Lipinski definition) is 4. The zero-order valence-electron chi connectivity index (χ0n) is 17.1. The monoisotopic (exact) mass is 399 g/mol. The summed E-state index contributed by atoms with van der Waals surface area (Å²) in [6.07, 6.45) is 0. The molecule has 0 saturated carbocycles. The maximum absolute atomic E-state index is 12.4. The van der Waals surface area contributed by atoms with Crippen LogP contribution in [0.3, 0.4) is 0 Å². The van der Waals surface area contributed by atoms with E-state index in [9.17, 15) is 5.11 Å². The molecular weight excluding hydrogens is 374 g/mol. The van der Waals surface area contributed by atoms with Crippen LogP contribution in [0, 0.1) is 0 Å². The van der Waals surface area contributed by atoms with Crippen LogP contribution in [0.2, 0.25) is 0 Å². The van der Waals surface area contributed by atoms with Crippen LogP contribution in [0.1, 0.15) is 22.7 Å². The SMILES string of the molecule is COc1ccccc1C(O)(c1ccccc1OC)C(N)c1cccc2ccccc12. The van der Waals surface area contributed by atoms with Crippen molar-refractivity contribution in [2.75, 3.05) is 14.2 Å². The summed E-state index contributed by atoms with van der Waals surface area (Å²) in [6, 6.07) is 28.0. The number of para-hydroxylation sites is 2. The van der Waals surface area contributed by atoms with Crippen LogP contribution in [-0.2, 0) is 5.60 Å². The van der Waals surface area contributed by atoms with E-state index < -0.39 is 11.6 Å². The molecule has 0 aliphatic heterocycles. The minimum Gasteiger partial charge on any atom is -0.496 e. The average Bonchev–Trinajstić information content (AvgIpc) is 2.82. The third-order valence-corrected chi connectivity index (χ3v) is 5.64. The Bertz CT molecular complexity index is 1120.